The third-order valence-electron chi connectivity index (χ3n) is 5.28. The summed E-state index contributed by atoms with van der Waals surface area (Å²) in [6, 6.07) is -0.578. The van der Waals surface area contributed by atoms with Crippen LogP contribution in [0, 0.1) is 5.92 Å². The fourth-order valence-corrected chi connectivity index (χ4v) is 3.73. The van der Waals surface area contributed by atoms with E-state index in [1.807, 2.05) is 4.90 Å². The van der Waals surface area contributed by atoms with Gasteiger partial charge >= 0.3 is 6.03 Å². The molecule has 2 aliphatic rings. The molecule has 2 rings (SSSR count). The molecule has 142 valence electrons. The molecule has 0 bridgehead atoms. The van der Waals surface area contributed by atoms with Crippen molar-refractivity contribution >= 4 is 17.8 Å². The Kier molecular flexibility index (Phi) is 7.68. The van der Waals surface area contributed by atoms with Crippen molar-refractivity contribution in [3.05, 3.63) is 0 Å². The standard InChI is InChI=1S/C18H32N4O3/c1-3-19-18(25)21-16(23)13(2)22-11-7-8-14(12-22)17(24)20-15-9-5-4-6-10-15/h13-15H,3-12H2,1-2H3,(H,20,24)(H2,19,21,23,25)/t13-,14-/m1/s1. The molecule has 2 fully saturated rings. The lowest BCUT2D eigenvalue weighted by molar-refractivity contribution is -0.131. The van der Waals surface area contributed by atoms with Gasteiger partial charge in [0.25, 0.3) is 0 Å². The zero-order valence-corrected chi connectivity index (χ0v) is 15.5. The zero-order valence-electron chi connectivity index (χ0n) is 15.5. The van der Waals surface area contributed by atoms with Gasteiger partial charge in [-0.05, 0) is 46.1 Å². The molecule has 1 saturated carbocycles. The zero-order chi connectivity index (χ0) is 18.2. The quantitative estimate of drug-likeness (QED) is 0.697. The monoisotopic (exact) mass is 352 g/mol. The number of nitrogens with zero attached hydrogens (tertiary/aromatic N) is 1. The molecule has 0 radical (unpaired) electrons. The highest BCUT2D eigenvalue weighted by molar-refractivity contribution is 5.96. The molecule has 3 N–H and O–H groups in total. The van der Waals surface area contributed by atoms with Crippen LogP contribution in [0.1, 0.15) is 58.8 Å². The van der Waals surface area contributed by atoms with Gasteiger partial charge in [0.2, 0.25) is 11.8 Å². The van der Waals surface area contributed by atoms with Crippen LogP contribution >= 0.6 is 0 Å². The van der Waals surface area contributed by atoms with E-state index in [0.717, 1.165) is 32.2 Å². The number of imide groups is 1. The molecule has 1 heterocycles. The SMILES string of the molecule is CCNC(=O)NC(=O)[C@@H](C)N1CCC[C@@H](C(=O)NC2CCCCC2)C1. The van der Waals surface area contributed by atoms with E-state index in [2.05, 4.69) is 16.0 Å². The highest BCUT2D eigenvalue weighted by atomic mass is 16.2. The Morgan fingerprint density at radius 2 is 1.80 bits per heavy atom. The van der Waals surface area contributed by atoms with E-state index < -0.39 is 12.1 Å². The highest BCUT2D eigenvalue weighted by Crippen LogP contribution is 2.21. The summed E-state index contributed by atoms with van der Waals surface area (Å²) < 4.78 is 0. The third kappa shape index (κ3) is 5.99. The molecule has 2 atom stereocenters. The molecule has 0 aromatic heterocycles. The number of hydrogen-bond acceptors (Lipinski definition) is 4. The Labute approximate surface area is 150 Å². The molecule has 25 heavy (non-hydrogen) atoms. The van der Waals surface area contributed by atoms with Crippen LogP contribution in [0.25, 0.3) is 0 Å². The first kappa shape index (κ1) is 19.7. The van der Waals surface area contributed by atoms with Crippen molar-refractivity contribution in [2.24, 2.45) is 5.92 Å². The predicted octanol–water partition coefficient (Wildman–Crippen LogP) is 1.38. The van der Waals surface area contributed by atoms with Crippen molar-refractivity contribution in [2.75, 3.05) is 19.6 Å². The number of urea groups is 1. The number of likely N-dealkylation sites (tertiary alicyclic amines) is 1. The second-order valence-corrected chi connectivity index (χ2v) is 7.20. The average Bonchev–Trinajstić information content (AvgIpc) is 2.62. The minimum Gasteiger partial charge on any atom is -0.353 e. The molecule has 1 saturated heterocycles. The Bertz CT molecular complexity index is 477. The van der Waals surface area contributed by atoms with Crippen molar-refractivity contribution in [3.63, 3.8) is 0 Å². The molecule has 4 amide bonds. The molecule has 0 aromatic rings. The van der Waals surface area contributed by atoms with E-state index in [-0.39, 0.29) is 17.7 Å². The van der Waals surface area contributed by atoms with E-state index in [0.29, 0.717) is 19.1 Å². The Balaban J connectivity index is 1.83. The second kappa shape index (κ2) is 9.75. The fourth-order valence-electron chi connectivity index (χ4n) is 3.73. The first-order valence-electron chi connectivity index (χ1n) is 9.64. The van der Waals surface area contributed by atoms with E-state index in [9.17, 15) is 14.4 Å². The van der Waals surface area contributed by atoms with Crippen LogP contribution < -0.4 is 16.0 Å². The highest BCUT2D eigenvalue weighted by Gasteiger charge is 2.32. The molecule has 0 aromatic carbocycles. The van der Waals surface area contributed by atoms with Crippen LogP contribution in [0.5, 0.6) is 0 Å². The predicted molar refractivity (Wildman–Crippen MR) is 96.0 cm³/mol. The summed E-state index contributed by atoms with van der Waals surface area (Å²) in [5.74, 6) is -0.275. The molecule has 0 spiro atoms. The van der Waals surface area contributed by atoms with Crippen LogP contribution in [0.3, 0.4) is 0 Å². The van der Waals surface area contributed by atoms with Gasteiger partial charge in [-0.25, -0.2) is 4.79 Å². The summed E-state index contributed by atoms with van der Waals surface area (Å²) in [6.07, 6.45) is 7.56. The summed E-state index contributed by atoms with van der Waals surface area (Å²) in [5.41, 5.74) is 0. The van der Waals surface area contributed by atoms with Crippen molar-refractivity contribution in [2.45, 2.75) is 70.9 Å². The van der Waals surface area contributed by atoms with Gasteiger partial charge in [-0.1, -0.05) is 19.3 Å². The molecule has 0 unspecified atom stereocenters. The fraction of sp³-hybridized carbons (Fsp3) is 0.833. The van der Waals surface area contributed by atoms with Crippen LogP contribution in [0.2, 0.25) is 0 Å². The number of amides is 4. The van der Waals surface area contributed by atoms with E-state index >= 15 is 0 Å². The normalized spacial score (nSPS) is 23.5. The Morgan fingerprint density at radius 3 is 2.48 bits per heavy atom. The van der Waals surface area contributed by atoms with Gasteiger partial charge in [-0.15, -0.1) is 0 Å². The summed E-state index contributed by atoms with van der Waals surface area (Å²) in [4.78, 5) is 38.3. The molecular weight excluding hydrogens is 320 g/mol. The van der Waals surface area contributed by atoms with Gasteiger partial charge in [0, 0.05) is 19.1 Å². The smallest absolute Gasteiger partial charge is 0.321 e. The topological polar surface area (TPSA) is 90.5 Å². The minimum absolute atomic E-state index is 0.0737. The number of nitrogens with one attached hydrogen (secondary N) is 3. The lowest BCUT2D eigenvalue weighted by Gasteiger charge is -2.36. The van der Waals surface area contributed by atoms with Crippen molar-refractivity contribution in [1.29, 1.82) is 0 Å². The summed E-state index contributed by atoms with van der Waals surface area (Å²) >= 11 is 0. The van der Waals surface area contributed by atoms with Gasteiger partial charge in [0.15, 0.2) is 0 Å². The van der Waals surface area contributed by atoms with E-state index in [1.165, 1.54) is 19.3 Å². The molecule has 1 aliphatic heterocycles. The molecule has 7 nitrogen and oxygen atoms in total. The average molecular weight is 352 g/mol. The van der Waals surface area contributed by atoms with Crippen LogP contribution in [-0.4, -0.2) is 54.5 Å². The largest absolute Gasteiger partial charge is 0.353 e. The number of carbonyl (C=O) groups is 3. The van der Waals surface area contributed by atoms with Crippen LogP contribution in [-0.2, 0) is 9.59 Å². The number of rotatable bonds is 5. The minimum atomic E-state index is -0.469. The summed E-state index contributed by atoms with van der Waals surface area (Å²) in [7, 11) is 0. The lowest BCUT2D eigenvalue weighted by Crippen LogP contribution is -2.54. The Hall–Kier alpha value is -1.63. The van der Waals surface area contributed by atoms with E-state index in [1.54, 1.807) is 13.8 Å². The van der Waals surface area contributed by atoms with Crippen LogP contribution in [0.4, 0.5) is 4.79 Å². The number of piperidine rings is 1. The lowest BCUT2D eigenvalue weighted by atomic mass is 9.92. The second-order valence-electron chi connectivity index (χ2n) is 7.20. The first-order chi connectivity index (χ1) is 12.0. The number of carbonyl (C=O) groups excluding carboxylic acids is 3. The summed E-state index contributed by atoms with van der Waals surface area (Å²) in [6.45, 7) is 5.41. The van der Waals surface area contributed by atoms with Crippen molar-refractivity contribution in [1.82, 2.24) is 20.9 Å². The van der Waals surface area contributed by atoms with Gasteiger partial charge in [-0.3, -0.25) is 19.8 Å². The van der Waals surface area contributed by atoms with Crippen LogP contribution in [0.15, 0.2) is 0 Å². The molecular formula is C18H32N4O3. The van der Waals surface area contributed by atoms with Gasteiger partial charge in [0.05, 0.1) is 12.0 Å². The molecule has 1 aliphatic carbocycles. The van der Waals surface area contributed by atoms with Crippen molar-refractivity contribution in [3.8, 4) is 0 Å². The maximum Gasteiger partial charge on any atom is 0.321 e. The van der Waals surface area contributed by atoms with Gasteiger partial charge < -0.3 is 10.6 Å². The van der Waals surface area contributed by atoms with Crippen molar-refractivity contribution < 1.29 is 14.4 Å². The Morgan fingerprint density at radius 1 is 1.08 bits per heavy atom. The summed E-state index contributed by atoms with van der Waals surface area (Å²) in [5, 5.41) is 8.11. The first-order valence-corrected chi connectivity index (χ1v) is 9.64. The van der Waals surface area contributed by atoms with Gasteiger partial charge in [0.1, 0.15) is 0 Å². The maximum atomic E-state index is 12.6. The maximum absolute atomic E-state index is 12.6. The number of hydrogen-bond donors (Lipinski definition) is 3. The molecule has 7 heteroatoms. The van der Waals surface area contributed by atoms with Gasteiger partial charge in [-0.2, -0.15) is 0 Å². The van der Waals surface area contributed by atoms with E-state index in [4.69, 9.17) is 0 Å². The third-order valence-corrected chi connectivity index (χ3v) is 5.28.